The van der Waals surface area contributed by atoms with E-state index in [-0.39, 0.29) is 10.9 Å². The molecule has 1 aromatic carbocycles. The van der Waals surface area contributed by atoms with Crippen molar-refractivity contribution in [2.24, 2.45) is 0 Å². The van der Waals surface area contributed by atoms with Gasteiger partial charge in [0.15, 0.2) is 0 Å². The van der Waals surface area contributed by atoms with Gasteiger partial charge >= 0.3 is 0 Å². The van der Waals surface area contributed by atoms with Gasteiger partial charge in [0.2, 0.25) is 10.0 Å². The lowest BCUT2D eigenvalue weighted by Gasteiger charge is -2.23. The first-order valence-electron chi connectivity index (χ1n) is 5.88. The summed E-state index contributed by atoms with van der Waals surface area (Å²) in [6, 6.07) is 4.34. The van der Waals surface area contributed by atoms with Crippen molar-refractivity contribution in [3.63, 3.8) is 0 Å². The molecule has 100 valence electrons. The third kappa shape index (κ3) is 2.28. The van der Waals surface area contributed by atoms with Crippen molar-refractivity contribution in [2.75, 3.05) is 20.1 Å². The summed E-state index contributed by atoms with van der Waals surface area (Å²) < 4.78 is 39.9. The first-order valence-corrected chi connectivity index (χ1v) is 7.32. The fraction of sp³-hybridized carbons (Fsp3) is 0.500. The molecule has 0 aliphatic carbocycles. The van der Waals surface area contributed by atoms with Gasteiger partial charge in [-0.05, 0) is 31.5 Å². The predicted molar refractivity (Wildman–Crippen MR) is 67.4 cm³/mol. The molecular weight excluding hydrogens is 255 g/mol. The van der Waals surface area contributed by atoms with Gasteiger partial charge in [0.1, 0.15) is 10.7 Å². The summed E-state index contributed by atoms with van der Waals surface area (Å²) >= 11 is 0. The zero-order chi connectivity index (χ0) is 13.3. The molecule has 0 radical (unpaired) electrons. The molecule has 0 saturated carbocycles. The number of rotatable bonds is 3. The highest BCUT2D eigenvalue weighted by atomic mass is 32.2. The van der Waals surface area contributed by atoms with E-state index in [4.69, 9.17) is 0 Å². The molecule has 2 rings (SSSR count). The van der Waals surface area contributed by atoms with Crippen LogP contribution in [0.3, 0.4) is 0 Å². The summed E-state index contributed by atoms with van der Waals surface area (Å²) in [5, 5.41) is 3.10. The minimum atomic E-state index is -3.76. The van der Waals surface area contributed by atoms with Crippen LogP contribution in [0.25, 0.3) is 0 Å². The number of likely N-dealkylation sites (N-methyl/N-ethyl adjacent to an activating group) is 1. The standard InChI is InChI=1S/C12H17FN2O2S/c1-9-4-3-5-11(12(9)13)18(16,17)15(2)10-6-7-14-8-10/h3-5,10,14H,6-8H2,1-2H3. The van der Waals surface area contributed by atoms with E-state index in [9.17, 15) is 12.8 Å². The predicted octanol–water partition coefficient (Wildman–Crippen LogP) is 1.12. The maximum Gasteiger partial charge on any atom is 0.246 e. The Morgan fingerprint density at radius 3 is 2.78 bits per heavy atom. The first kappa shape index (κ1) is 13.5. The fourth-order valence-electron chi connectivity index (χ4n) is 2.12. The molecule has 1 saturated heterocycles. The first-order chi connectivity index (χ1) is 8.44. The lowest BCUT2D eigenvalue weighted by molar-refractivity contribution is 0.385. The van der Waals surface area contributed by atoms with Crippen LogP contribution in [0.2, 0.25) is 0 Å². The quantitative estimate of drug-likeness (QED) is 0.897. The molecule has 4 nitrogen and oxygen atoms in total. The Kier molecular flexibility index (Phi) is 3.70. The van der Waals surface area contributed by atoms with Crippen LogP contribution in [-0.4, -0.2) is 38.9 Å². The second-order valence-electron chi connectivity index (χ2n) is 4.55. The highest BCUT2D eigenvalue weighted by Gasteiger charge is 2.31. The molecule has 0 spiro atoms. The molecule has 1 N–H and O–H groups in total. The van der Waals surface area contributed by atoms with Crippen molar-refractivity contribution >= 4 is 10.0 Å². The maximum atomic E-state index is 13.9. The van der Waals surface area contributed by atoms with Crippen molar-refractivity contribution in [1.29, 1.82) is 0 Å². The molecule has 1 atom stereocenters. The molecule has 1 aliphatic heterocycles. The van der Waals surface area contributed by atoms with Crippen LogP contribution in [0, 0.1) is 12.7 Å². The zero-order valence-electron chi connectivity index (χ0n) is 10.5. The van der Waals surface area contributed by atoms with Gasteiger partial charge < -0.3 is 5.32 Å². The SMILES string of the molecule is Cc1cccc(S(=O)(=O)N(C)C2CCNC2)c1F. The van der Waals surface area contributed by atoms with Crippen LogP contribution in [0.15, 0.2) is 23.1 Å². The highest BCUT2D eigenvalue weighted by molar-refractivity contribution is 7.89. The Morgan fingerprint density at radius 2 is 2.17 bits per heavy atom. The average molecular weight is 272 g/mol. The molecule has 18 heavy (non-hydrogen) atoms. The topological polar surface area (TPSA) is 49.4 Å². The Balaban J connectivity index is 2.38. The number of sulfonamides is 1. The van der Waals surface area contributed by atoms with E-state index in [1.807, 2.05) is 0 Å². The van der Waals surface area contributed by atoms with Crippen LogP contribution in [-0.2, 0) is 10.0 Å². The van der Waals surface area contributed by atoms with Crippen LogP contribution in [0.1, 0.15) is 12.0 Å². The van der Waals surface area contributed by atoms with Gasteiger partial charge in [0.05, 0.1) is 0 Å². The summed E-state index contributed by atoms with van der Waals surface area (Å²) in [7, 11) is -2.25. The Labute approximate surface area is 107 Å². The molecule has 1 unspecified atom stereocenters. The number of nitrogens with zero attached hydrogens (tertiary/aromatic N) is 1. The number of hydrogen-bond acceptors (Lipinski definition) is 3. The normalized spacial score (nSPS) is 20.6. The van der Waals surface area contributed by atoms with E-state index >= 15 is 0 Å². The molecule has 1 aromatic rings. The third-order valence-electron chi connectivity index (χ3n) is 3.36. The monoisotopic (exact) mass is 272 g/mol. The summed E-state index contributed by atoms with van der Waals surface area (Å²) in [4.78, 5) is -0.239. The van der Waals surface area contributed by atoms with Crippen molar-refractivity contribution in [2.45, 2.75) is 24.3 Å². The number of nitrogens with one attached hydrogen (secondary N) is 1. The van der Waals surface area contributed by atoms with Crippen LogP contribution in [0.5, 0.6) is 0 Å². The van der Waals surface area contributed by atoms with Crippen molar-refractivity contribution in [1.82, 2.24) is 9.62 Å². The van der Waals surface area contributed by atoms with Crippen molar-refractivity contribution < 1.29 is 12.8 Å². The molecule has 1 fully saturated rings. The number of aryl methyl sites for hydroxylation is 1. The van der Waals surface area contributed by atoms with Crippen LogP contribution < -0.4 is 5.32 Å². The molecule has 0 bridgehead atoms. The Hall–Kier alpha value is -0.980. The maximum absolute atomic E-state index is 13.9. The summed E-state index contributed by atoms with van der Waals surface area (Å²) in [5.74, 6) is -0.657. The molecule has 6 heteroatoms. The Morgan fingerprint density at radius 1 is 1.44 bits per heavy atom. The molecule has 1 heterocycles. The lowest BCUT2D eigenvalue weighted by Crippen LogP contribution is -2.38. The van der Waals surface area contributed by atoms with Crippen LogP contribution in [0.4, 0.5) is 4.39 Å². The summed E-state index contributed by atoms with van der Waals surface area (Å²) in [6.45, 7) is 2.97. The van der Waals surface area contributed by atoms with Gasteiger partial charge in [-0.15, -0.1) is 0 Å². The van der Waals surface area contributed by atoms with Gasteiger partial charge in [-0.1, -0.05) is 12.1 Å². The van der Waals surface area contributed by atoms with E-state index in [1.54, 1.807) is 19.1 Å². The van der Waals surface area contributed by atoms with E-state index in [1.165, 1.54) is 17.4 Å². The summed E-state index contributed by atoms with van der Waals surface area (Å²) in [6.07, 6.45) is 0.753. The van der Waals surface area contributed by atoms with E-state index in [2.05, 4.69) is 5.32 Å². The number of hydrogen-bond donors (Lipinski definition) is 1. The second kappa shape index (κ2) is 4.95. The van der Waals surface area contributed by atoms with E-state index in [0.29, 0.717) is 12.1 Å². The van der Waals surface area contributed by atoms with Crippen LogP contribution >= 0.6 is 0 Å². The minimum Gasteiger partial charge on any atom is -0.315 e. The second-order valence-corrected chi connectivity index (χ2v) is 6.52. The van der Waals surface area contributed by atoms with Gasteiger partial charge in [0, 0.05) is 19.6 Å². The molecule has 0 amide bonds. The van der Waals surface area contributed by atoms with E-state index < -0.39 is 15.8 Å². The highest BCUT2D eigenvalue weighted by Crippen LogP contribution is 2.23. The molecule has 0 aromatic heterocycles. The smallest absolute Gasteiger partial charge is 0.246 e. The van der Waals surface area contributed by atoms with Crippen molar-refractivity contribution in [3.8, 4) is 0 Å². The van der Waals surface area contributed by atoms with Gasteiger partial charge in [-0.25, -0.2) is 12.8 Å². The van der Waals surface area contributed by atoms with Gasteiger partial charge in [-0.3, -0.25) is 0 Å². The number of benzene rings is 1. The minimum absolute atomic E-state index is 0.102. The average Bonchev–Trinajstić information content (AvgIpc) is 2.85. The van der Waals surface area contributed by atoms with Crippen molar-refractivity contribution in [3.05, 3.63) is 29.6 Å². The Bertz CT molecular complexity index is 539. The third-order valence-corrected chi connectivity index (χ3v) is 5.29. The number of halogens is 1. The summed E-state index contributed by atoms with van der Waals surface area (Å²) in [5.41, 5.74) is 0.342. The van der Waals surface area contributed by atoms with Gasteiger partial charge in [-0.2, -0.15) is 4.31 Å². The molecular formula is C12H17FN2O2S. The fourth-order valence-corrected chi connectivity index (χ4v) is 3.64. The lowest BCUT2D eigenvalue weighted by atomic mass is 10.2. The zero-order valence-corrected chi connectivity index (χ0v) is 11.3. The molecule has 1 aliphatic rings. The van der Waals surface area contributed by atoms with Gasteiger partial charge in [0.25, 0.3) is 0 Å². The largest absolute Gasteiger partial charge is 0.315 e. The van der Waals surface area contributed by atoms with E-state index in [0.717, 1.165) is 13.0 Å².